The number of hydrogen-bond donors (Lipinski definition) is 0. The van der Waals surface area contributed by atoms with Crippen LogP contribution >= 0.6 is 0 Å². The Balaban J connectivity index is 1.30. The van der Waals surface area contributed by atoms with Gasteiger partial charge in [-0.05, 0) is 100.0 Å². The highest BCUT2D eigenvalue weighted by Gasteiger charge is 2.65. The minimum atomic E-state index is -0.0229. The number of Topliss-reactive ketones (excluding diaryl/α,β-unsaturated/α-hetero) is 1. The standard InChI is InChI=1S/C23H35NO2/c1-22-8-7-16-15(6-5-14-11-19-20(26-19)13-23(14,16)2)17(22)12-18(21(22)25)24-9-3-4-10-24/h14-20H,3-13H2,1-2H3. The predicted molar refractivity (Wildman–Crippen MR) is 101 cm³/mol. The zero-order valence-electron chi connectivity index (χ0n) is 16.6. The maximum absolute atomic E-state index is 13.5. The van der Waals surface area contributed by atoms with Crippen LogP contribution in [0.2, 0.25) is 0 Å². The van der Waals surface area contributed by atoms with Crippen LogP contribution in [0.4, 0.5) is 0 Å². The van der Waals surface area contributed by atoms with Crippen molar-refractivity contribution < 1.29 is 9.53 Å². The third-order valence-corrected chi connectivity index (χ3v) is 10.2. The Kier molecular flexibility index (Phi) is 3.40. The van der Waals surface area contributed by atoms with E-state index in [0.29, 0.717) is 29.3 Å². The number of rotatable bonds is 1. The minimum Gasteiger partial charge on any atom is -0.370 e. The molecule has 3 heteroatoms. The van der Waals surface area contributed by atoms with Crippen LogP contribution < -0.4 is 0 Å². The molecule has 0 radical (unpaired) electrons. The molecule has 6 aliphatic rings. The largest absolute Gasteiger partial charge is 0.370 e. The summed E-state index contributed by atoms with van der Waals surface area (Å²) in [5, 5.41) is 0. The van der Waals surface area contributed by atoms with Gasteiger partial charge in [-0.1, -0.05) is 13.8 Å². The van der Waals surface area contributed by atoms with E-state index in [1.165, 1.54) is 51.4 Å². The highest BCUT2D eigenvalue weighted by atomic mass is 16.6. The van der Waals surface area contributed by atoms with Crippen molar-refractivity contribution in [2.24, 2.45) is 34.5 Å². The summed E-state index contributed by atoms with van der Waals surface area (Å²) in [6.07, 6.45) is 12.8. The lowest BCUT2D eigenvalue weighted by atomic mass is 9.45. The van der Waals surface area contributed by atoms with E-state index in [-0.39, 0.29) is 11.5 Å². The number of nitrogens with zero attached hydrogens (tertiary/aromatic N) is 1. The monoisotopic (exact) mass is 357 g/mol. The van der Waals surface area contributed by atoms with Gasteiger partial charge >= 0.3 is 0 Å². The average Bonchev–Trinajstić information content (AvgIpc) is 3.02. The first-order chi connectivity index (χ1) is 12.5. The van der Waals surface area contributed by atoms with Gasteiger partial charge in [-0.15, -0.1) is 0 Å². The molecule has 6 rings (SSSR count). The van der Waals surface area contributed by atoms with Crippen molar-refractivity contribution in [3.05, 3.63) is 0 Å². The lowest BCUT2D eigenvalue weighted by molar-refractivity contribution is -0.139. The lowest BCUT2D eigenvalue weighted by Gasteiger charge is -2.58. The van der Waals surface area contributed by atoms with E-state index < -0.39 is 0 Å². The first-order valence-corrected chi connectivity index (χ1v) is 11.4. The van der Waals surface area contributed by atoms with E-state index >= 15 is 0 Å². The molecular weight excluding hydrogens is 322 g/mol. The van der Waals surface area contributed by atoms with Crippen molar-refractivity contribution in [1.29, 1.82) is 0 Å². The Hall–Kier alpha value is -0.410. The molecule has 26 heavy (non-hydrogen) atoms. The summed E-state index contributed by atoms with van der Waals surface area (Å²) in [4.78, 5) is 16.0. The quantitative estimate of drug-likeness (QED) is 0.664. The van der Waals surface area contributed by atoms with Crippen molar-refractivity contribution >= 4 is 5.78 Å². The topological polar surface area (TPSA) is 32.8 Å². The molecule has 0 spiro atoms. The van der Waals surface area contributed by atoms with Crippen LogP contribution in [0.1, 0.15) is 71.6 Å². The van der Waals surface area contributed by atoms with Crippen LogP contribution in [0.15, 0.2) is 0 Å². The van der Waals surface area contributed by atoms with Gasteiger partial charge in [-0.2, -0.15) is 0 Å². The van der Waals surface area contributed by atoms with Gasteiger partial charge in [0.05, 0.1) is 18.2 Å². The summed E-state index contributed by atoms with van der Waals surface area (Å²) in [6, 6.07) is 0.249. The van der Waals surface area contributed by atoms with Crippen molar-refractivity contribution in [2.45, 2.75) is 89.9 Å². The number of hydrogen-bond acceptors (Lipinski definition) is 3. The first kappa shape index (κ1) is 16.5. The molecule has 0 aromatic rings. The van der Waals surface area contributed by atoms with Gasteiger partial charge in [0, 0.05) is 5.41 Å². The van der Waals surface area contributed by atoms with Gasteiger partial charge in [0.2, 0.25) is 0 Å². The second-order valence-electron chi connectivity index (χ2n) is 11.1. The van der Waals surface area contributed by atoms with Gasteiger partial charge < -0.3 is 4.74 Å². The van der Waals surface area contributed by atoms with Gasteiger partial charge in [-0.25, -0.2) is 0 Å². The summed E-state index contributed by atoms with van der Waals surface area (Å²) in [7, 11) is 0. The Morgan fingerprint density at radius 3 is 2.62 bits per heavy atom. The molecule has 9 atom stereocenters. The van der Waals surface area contributed by atoms with E-state index in [4.69, 9.17) is 4.74 Å². The second-order valence-corrected chi connectivity index (χ2v) is 11.1. The second kappa shape index (κ2) is 5.35. The van der Waals surface area contributed by atoms with Crippen molar-refractivity contribution in [2.75, 3.05) is 13.1 Å². The fraction of sp³-hybridized carbons (Fsp3) is 0.957. The Bertz CT molecular complexity index is 628. The van der Waals surface area contributed by atoms with E-state index in [9.17, 15) is 4.79 Å². The minimum absolute atomic E-state index is 0.0229. The molecule has 2 heterocycles. The van der Waals surface area contributed by atoms with Crippen LogP contribution in [0.3, 0.4) is 0 Å². The summed E-state index contributed by atoms with van der Waals surface area (Å²) >= 11 is 0. The number of likely N-dealkylation sites (tertiary alicyclic amines) is 1. The van der Waals surface area contributed by atoms with Crippen LogP contribution in [-0.4, -0.2) is 42.0 Å². The molecular formula is C23H35NO2. The van der Waals surface area contributed by atoms with E-state index in [1.54, 1.807) is 0 Å². The normalized spacial score (nSPS) is 58.7. The SMILES string of the molecule is CC12CCC3C(CCC4CC5OC5CC43C)C1CC(N1CCCC1)C2=O. The summed E-state index contributed by atoms with van der Waals surface area (Å²) in [5.74, 6) is 3.78. The fourth-order valence-electron chi connectivity index (χ4n) is 8.68. The summed E-state index contributed by atoms with van der Waals surface area (Å²) in [6.45, 7) is 7.27. The third-order valence-electron chi connectivity index (χ3n) is 10.2. The smallest absolute Gasteiger partial charge is 0.156 e. The Morgan fingerprint density at radius 2 is 1.81 bits per heavy atom. The van der Waals surface area contributed by atoms with Crippen molar-refractivity contribution in [3.8, 4) is 0 Å². The third kappa shape index (κ3) is 2.05. The molecule has 4 saturated carbocycles. The zero-order chi connectivity index (χ0) is 17.7. The molecule has 2 aliphatic heterocycles. The van der Waals surface area contributed by atoms with Gasteiger partial charge in [0.25, 0.3) is 0 Å². The summed E-state index contributed by atoms with van der Waals surface area (Å²) in [5.41, 5.74) is 0.460. The summed E-state index contributed by atoms with van der Waals surface area (Å²) < 4.78 is 5.96. The van der Waals surface area contributed by atoms with Crippen LogP contribution in [0.5, 0.6) is 0 Å². The number of ketones is 1. The molecule has 4 aliphatic carbocycles. The fourth-order valence-corrected chi connectivity index (χ4v) is 8.68. The maximum atomic E-state index is 13.5. The van der Waals surface area contributed by atoms with E-state index in [1.807, 2.05) is 0 Å². The molecule has 2 saturated heterocycles. The molecule has 9 unspecified atom stereocenters. The molecule has 6 fully saturated rings. The predicted octanol–water partition coefficient (Wildman–Crippen LogP) is 4.05. The Labute approximate surface area is 158 Å². The number of carbonyl (C=O) groups excluding carboxylic acids is 1. The molecule has 0 amide bonds. The van der Waals surface area contributed by atoms with Crippen LogP contribution in [-0.2, 0) is 9.53 Å². The van der Waals surface area contributed by atoms with Gasteiger partial charge in [0.15, 0.2) is 5.78 Å². The zero-order valence-corrected chi connectivity index (χ0v) is 16.6. The van der Waals surface area contributed by atoms with Crippen molar-refractivity contribution in [3.63, 3.8) is 0 Å². The molecule has 0 bridgehead atoms. The molecule has 0 aromatic carbocycles. The highest BCUT2D eigenvalue weighted by molar-refractivity contribution is 5.92. The number of carbonyl (C=O) groups is 1. The van der Waals surface area contributed by atoms with Crippen LogP contribution in [0.25, 0.3) is 0 Å². The molecule has 0 N–H and O–H groups in total. The lowest BCUT2D eigenvalue weighted by Crippen LogP contribution is -2.53. The highest BCUT2D eigenvalue weighted by Crippen LogP contribution is 2.67. The van der Waals surface area contributed by atoms with E-state index in [2.05, 4.69) is 18.7 Å². The van der Waals surface area contributed by atoms with Gasteiger partial charge in [0.1, 0.15) is 0 Å². The van der Waals surface area contributed by atoms with E-state index in [0.717, 1.165) is 37.3 Å². The van der Waals surface area contributed by atoms with Gasteiger partial charge in [-0.3, -0.25) is 9.69 Å². The van der Waals surface area contributed by atoms with Crippen molar-refractivity contribution in [1.82, 2.24) is 4.90 Å². The number of epoxide rings is 1. The number of fused-ring (bicyclic) bond motifs is 6. The molecule has 144 valence electrons. The molecule has 0 aromatic heterocycles. The first-order valence-electron chi connectivity index (χ1n) is 11.4. The Morgan fingerprint density at radius 1 is 1.00 bits per heavy atom. The average molecular weight is 358 g/mol. The number of ether oxygens (including phenoxy) is 1. The van der Waals surface area contributed by atoms with Crippen LogP contribution in [0, 0.1) is 34.5 Å². The molecule has 3 nitrogen and oxygen atoms in total. The maximum Gasteiger partial charge on any atom is 0.156 e.